The number of aryl methyl sites for hydroxylation is 1. The summed E-state index contributed by atoms with van der Waals surface area (Å²) in [6.45, 7) is 3.23. The van der Waals surface area contributed by atoms with Crippen molar-refractivity contribution in [2.75, 3.05) is 6.61 Å². The second-order valence-corrected chi connectivity index (χ2v) is 6.08. The van der Waals surface area contributed by atoms with E-state index in [1.165, 1.54) is 23.0 Å². The van der Waals surface area contributed by atoms with Gasteiger partial charge < -0.3 is 4.74 Å². The van der Waals surface area contributed by atoms with Crippen molar-refractivity contribution >= 4 is 27.5 Å². The molecule has 118 valence electrons. The molecule has 0 spiro atoms. The van der Waals surface area contributed by atoms with Crippen molar-refractivity contribution in [1.29, 1.82) is 0 Å². The Bertz CT molecular complexity index is 947. The highest BCUT2D eigenvalue weighted by molar-refractivity contribution is 7.15. The van der Waals surface area contributed by atoms with E-state index in [-0.39, 0.29) is 11.2 Å². The van der Waals surface area contributed by atoms with Crippen LogP contribution in [0.25, 0.3) is 16.1 Å². The molecule has 0 N–H and O–H groups in total. The molecule has 8 heteroatoms. The topological polar surface area (TPSA) is 70.5 Å². The number of aromatic nitrogens is 4. The second kappa shape index (κ2) is 5.69. The van der Waals surface area contributed by atoms with Crippen molar-refractivity contribution in [3.8, 4) is 0 Å². The summed E-state index contributed by atoms with van der Waals surface area (Å²) in [7, 11) is 3.10. The normalized spacial score (nSPS) is 11.8. The molecule has 0 aliphatic rings. The van der Waals surface area contributed by atoms with Gasteiger partial charge in [-0.3, -0.25) is 18.3 Å². The Labute approximate surface area is 130 Å². The van der Waals surface area contributed by atoms with Crippen molar-refractivity contribution in [3.63, 3.8) is 0 Å². The van der Waals surface area contributed by atoms with Crippen LogP contribution in [0.2, 0.25) is 0 Å². The molecule has 7 nitrogen and oxygen atoms in total. The zero-order valence-electron chi connectivity index (χ0n) is 12.8. The molecule has 0 unspecified atom stereocenters. The van der Waals surface area contributed by atoms with Gasteiger partial charge in [-0.05, 0) is 6.42 Å². The van der Waals surface area contributed by atoms with Crippen molar-refractivity contribution < 1.29 is 4.74 Å². The predicted octanol–water partition coefficient (Wildman–Crippen LogP) is 1.26. The van der Waals surface area contributed by atoms with E-state index in [2.05, 4.69) is 11.9 Å². The summed E-state index contributed by atoms with van der Waals surface area (Å²) in [4.78, 5) is 29.6. The summed E-state index contributed by atoms with van der Waals surface area (Å²) in [5.41, 5.74) is 1.02. The third kappa shape index (κ3) is 2.19. The summed E-state index contributed by atoms with van der Waals surface area (Å²) < 4.78 is 9.96. The number of thiazole rings is 1. The number of hydrogen-bond donors (Lipinski definition) is 0. The number of imidazole rings is 1. The van der Waals surface area contributed by atoms with E-state index in [9.17, 15) is 9.59 Å². The predicted molar refractivity (Wildman–Crippen MR) is 85.6 cm³/mol. The fourth-order valence-electron chi connectivity index (χ4n) is 2.42. The summed E-state index contributed by atoms with van der Waals surface area (Å²) in [6, 6.07) is 0. The van der Waals surface area contributed by atoms with E-state index in [1.807, 2.05) is 5.38 Å². The second-order valence-electron chi connectivity index (χ2n) is 5.24. The summed E-state index contributed by atoms with van der Waals surface area (Å²) in [5, 5.41) is 1.94. The van der Waals surface area contributed by atoms with E-state index in [4.69, 9.17) is 4.74 Å². The SMILES string of the molecule is CCCCOCc1csc2nc3c(c(=O)n(C)c(=O)n3C)n12. The fraction of sp³-hybridized carbons (Fsp3) is 0.500. The molecular formula is C14H18N4O3S. The number of unbranched alkanes of at least 4 members (excludes halogenated alkanes) is 1. The molecule has 3 aromatic rings. The first-order valence-corrected chi connectivity index (χ1v) is 8.06. The number of fused-ring (bicyclic) bond motifs is 3. The number of hydrogen-bond acceptors (Lipinski definition) is 5. The lowest BCUT2D eigenvalue weighted by molar-refractivity contribution is 0.115. The average Bonchev–Trinajstić information content (AvgIpc) is 3.07. The van der Waals surface area contributed by atoms with Crippen LogP contribution >= 0.6 is 11.3 Å². The van der Waals surface area contributed by atoms with Gasteiger partial charge in [-0.15, -0.1) is 11.3 Å². The molecule has 0 radical (unpaired) electrons. The van der Waals surface area contributed by atoms with Crippen molar-refractivity contribution in [2.24, 2.45) is 14.1 Å². The molecular weight excluding hydrogens is 304 g/mol. The minimum absolute atomic E-state index is 0.334. The highest BCUT2D eigenvalue weighted by Gasteiger charge is 2.18. The van der Waals surface area contributed by atoms with E-state index in [0.29, 0.717) is 29.3 Å². The highest BCUT2D eigenvalue weighted by Crippen LogP contribution is 2.21. The molecule has 0 saturated heterocycles. The summed E-state index contributed by atoms with van der Waals surface area (Å²) >= 11 is 1.44. The van der Waals surface area contributed by atoms with Gasteiger partial charge in [-0.1, -0.05) is 13.3 Å². The van der Waals surface area contributed by atoms with Gasteiger partial charge in [0.25, 0.3) is 5.56 Å². The zero-order chi connectivity index (χ0) is 15.9. The lowest BCUT2D eigenvalue weighted by Crippen LogP contribution is -2.37. The monoisotopic (exact) mass is 322 g/mol. The largest absolute Gasteiger partial charge is 0.375 e. The van der Waals surface area contributed by atoms with Crippen molar-refractivity contribution in [1.82, 2.24) is 18.5 Å². The van der Waals surface area contributed by atoms with Crippen LogP contribution in [0.4, 0.5) is 0 Å². The lowest BCUT2D eigenvalue weighted by Gasteiger charge is -2.05. The zero-order valence-corrected chi connectivity index (χ0v) is 13.6. The van der Waals surface area contributed by atoms with E-state index < -0.39 is 0 Å². The fourth-order valence-corrected chi connectivity index (χ4v) is 3.28. The maximum absolute atomic E-state index is 12.5. The van der Waals surface area contributed by atoms with Gasteiger partial charge in [0.1, 0.15) is 0 Å². The molecule has 3 heterocycles. The minimum atomic E-state index is -0.371. The third-order valence-corrected chi connectivity index (χ3v) is 4.58. The smallest absolute Gasteiger partial charge is 0.332 e. The van der Waals surface area contributed by atoms with Gasteiger partial charge >= 0.3 is 5.69 Å². The molecule has 3 aromatic heterocycles. The van der Waals surface area contributed by atoms with E-state index in [0.717, 1.165) is 23.1 Å². The van der Waals surface area contributed by atoms with Gasteiger partial charge in [0.15, 0.2) is 16.1 Å². The quantitative estimate of drug-likeness (QED) is 0.663. The Morgan fingerprint density at radius 2 is 2.05 bits per heavy atom. The maximum atomic E-state index is 12.5. The van der Waals surface area contributed by atoms with Crippen LogP contribution in [-0.4, -0.2) is 25.1 Å². The van der Waals surface area contributed by atoms with Crippen LogP contribution in [0.1, 0.15) is 25.5 Å². The Morgan fingerprint density at radius 1 is 1.27 bits per heavy atom. The molecule has 0 amide bonds. The van der Waals surface area contributed by atoms with Crippen LogP contribution in [0, 0.1) is 0 Å². The molecule has 0 aliphatic heterocycles. The van der Waals surface area contributed by atoms with E-state index >= 15 is 0 Å². The van der Waals surface area contributed by atoms with Crippen LogP contribution in [0.5, 0.6) is 0 Å². The first-order chi connectivity index (χ1) is 10.6. The van der Waals surface area contributed by atoms with Gasteiger partial charge in [0.2, 0.25) is 0 Å². The standard InChI is InChI=1S/C14H18N4O3S/c1-4-5-6-21-7-9-8-22-13-15-11-10(18(9)13)12(19)17(3)14(20)16(11)2/h8H,4-7H2,1-3H3. The van der Waals surface area contributed by atoms with E-state index in [1.54, 1.807) is 11.4 Å². The molecule has 0 bridgehead atoms. The Hall–Kier alpha value is -1.93. The van der Waals surface area contributed by atoms with Gasteiger partial charge in [0.05, 0.1) is 12.3 Å². The van der Waals surface area contributed by atoms with Crippen LogP contribution in [-0.2, 0) is 25.4 Å². The molecule has 0 aliphatic carbocycles. The first-order valence-electron chi connectivity index (χ1n) is 7.18. The first kappa shape index (κ1) is 15.0. The molecule has 0 saturated carbocycles. The minimum Gasteiger partial charge on any atom is -0.375 e. The Kier molecular flexibility index (Phi) is 3.88. The third-order valence-electron chi connectivity index (χ3n) is 3.71. The van der Waals surface area contributed by atoms with Crippen molar-refractivity contribution in [2.45, 2.75) is 26.4 Å². The Morgan fingerprint density at radius 3 is 2.77 bits per heavy atom. The average molecular weight is 322 g/mol. The highest BCUT2D eigenvalue weighted by atomic mass is 32.1. The van der Waals surface area contributed by atoms with Crippen molar-refractivity contribution in [3.05, 3.63) is 31.9 Å². The van der Waals surface area contributed by atoms with Gasteiger partial charge in [-0.25, -0.2) is 9.78 Å². The van der Waals surface area contributed by atoms with Crippen LogP contribution in [0.15, 0.2) is 15.0 Å². The number of nitrogens with zero attached hydrogens (tertiary/aromatic N) is 4. The lowest BCUT2D eigenvalue weighted by atomic mass is 10.4. The molecule has 22 heavy (non-hydrogen) atoms. The van der Waals surface area contributed by atoms with Gasteiger partial charge in [-0.2, -0.15) is 0 Å². The Balaban J connectivity index is 2.17. The molecule has 3 rings (SSSR count). The van der Waals surface area contributed by atoms with Crippen LogP contribution in [0.3, 0.4) is 0 Å². The summed E-state index contributed by atoms with van der Waals surface area (Å²) in [5.74, 6) is 0. The summed E-state index contributed by atoms with van der Waals surface area (Å²) in [6.07, 6.45) is 2.09. The number of ether oxygens (including phenoxy) is 1. The van der Waals surface area contributed by atoms with Crippen LogP contribution < -0.4 is 11.2 Å². The number of rotatable bonds is 5. The molecule has 0 fully saturated rings. The van der Waals surface area contributed by atoms with Gasteiger partial charge in [0, 0.05) is 26.1 Å². The molecule has 0 atom stereocenters. The molecule has 0 aromatic carbocycles. The maximum Gasteiger partial charge on any atom is 0.332 e.